The molecule has 1 heterocycles. The van der Waals surface area contributed by atoms with Crippen molar-refractivity contribution in [3.05, 3.63) is 80.6 Å². The third kappa shape index (κ3) is 4.22. The van der Waals surface area contributed by atoms with Crippen LogP contribution in [-0.2, 0) is 6.61 Å². The molecular formula is C20H15ClN2O6. The van der Waals surface area contributed by atoms with Crippen molar-refractivity contribution in [1.82, 2.24) is 4.98 Å². The van der Waals surface area contributed by atoms with E-state index in [4.69, 9.17) is 22.1 Å². The molecule has 3 rings (SSSR count). The number of hydrogen-bond acceptors (Lipinski definition) is 5. The molecule has 0 atom stereocenters. The SMILES string of the molecule is Nc1[nH]c(=O)c(C(=O)O)c(-c2ccc(OCc3cccc(Cl)c3)cc2)c1C(=O)O. The number of aromatic carboxylic acids is 2. The molecule has 0 fully saturated rings. The first-order valence-electron chi connectivity index (χ1n) is 8.28. The van der Waals surface area contributed by atoms with Crippen LogP contribution in [0.25, 0.3) is 11.1 Å². The minimum absolute atomic E-state index is 0.202. The van der Waals surface area contributed by atoms with Crippen LogP contribution in [-0.4, -0.2) is 27.1 Å². The van der Waals surface area contributed by atoms with E-state index in [9.17, 15) is 24.6 Å². The van der Waals surface area contributed by atoms with Crippen LogP contribution < -0.4 is 16.0 Å². The molecule has 8 nitrogen and oxygen atoms in total. The smallest absolute Gasteiger partial charge is 0.342 e. The zero-order chi connectivity index (χ0) is 21.1. The number of aromatic amines is 1. The highest BCUT2D eigenvalue weighted by Crippen LogP contribution is 2.30. The first-order valence-corrected chi connectivity index (χ1v) is 8.65. The van der Waals surface area contributed by atoms with E-state index >= 15 is 0 Å². The fourth-order valence-electron chi connectivity index (χ4n) is 2.85. The number of aromatic nitrogens is 1. The first-order chi connectivity index (χ1) is 13.8. The van der Waals surface area contributed by atoms with Crippen molar-refractivity contribution in [3.8, 4) is 16.9 Å². The summed E-state index contributed by atoms with van der Waals surface area (Å²) in [6, 6.07) is 13.1. The number of carboxylic acids is 2. The van der Waals surface area contributed by atoms with Gasteiger partial charge in [-0.1, -0.05) is 35.9 Å². The van der Waals surface area contributed by atoms with Gasteiger partial charge in [-0.25, -0.2) is 9.59 Å². The summed E-state index contributed by atoms with van der Waals surface area (Å²) in [5.41, 5.74) is 4.22. The maximum atomic E-state index is 12.1. The largest absolute Gasteiger partial charge is 0.489 e. The Balaban J connectivity index is 1.98. The third-order valence-corrected chi connectivity index (χ3v) is 4.34. The van der Waals surface area contributed by atoms with Crippen LogP contribution in [0.4, 0.5) is 5.82 Å². The molecule has 0 unspecified atom stereocenters. The van der Waals surface area contributed by atoms with E-state index in [0.29, 0.717) is 10.8 Å². The Labute approximate surface area is 169 Å². The number of nitrogens with one attached hydrogen (secondary N) is 1. The van der Waals surface area contributed by atoms with Crippen molar-refractivity contribution in [2.45, 2.75) is 6.61 Å². The van der Waals surface area contributed by atoms with E-state index in [2.05, 4.69) is 4.98 Å². The Morgan fingerprint density at radius 3 is 2.28 bits per heavy atom. The molecule has 0 aliphatic carbocycles. The number of pyridine rings is 1. The molecule has 148 valence electrons. The van der Waals surface area contributed by atoms with Gasteiger partial charge in [0.15, 0.2) is 0 Å². The zero-order valence-corrected chi connectivity index (χ0v) is 15.6. The van der Waals surface area contributed by atoms with Crippen molar-refractivity contribution in [2.75, 3.05) is 5.73 Å². The zero-order valence-electron chi connectivity index (χ0n) is 14.8. The second-order valence-electron chi connectivity index (χ2n) is 6.05. The summed E-state index contributed by atoms with van der Waals surface area (Å²) in [7, 11) is 0. The third-order valence-electron chi connectivity index (χ3n) is 4.11. The average Bonchev–Trinajstić information content (AvgIpc) is 2.65. The molecular weight excluding hydrogens is 400 g/mol. The topological polar surface area (TPSA) is 143 Å². The Bertz CT molecular complexity index is 1150. The van der Waals surface area contributed by atoms with Gasteiger partial charge in [0.1, 0.15) is 29.3 Å². The second-order valence-corrected chi connectivity index (χ2v) is 6.48. The molecule has 1 aromatic heterocycles. The number of anilines is 1. The maximum Gasteiger partial charge on any atom is 0.342 e. The average molecular weight is 415 g/mol. The highest BCUT2D eigenvalue weighted by atomic mass is 35.5. The monoisotopic (exact) mass is 414 g/mol. The van der Waals surface area contributed by atoms with Crippen molar-refractivity contribution >= 4 is 29.4 Å². The molecule has 0 saturated heterocycles. The van der Waals surface area contributed by atoms with Crippen molar-refractivity contribution < 1.29 is 24.5 Å². The number of nitrogen functional groups attached to an aromatic ring is 1. The molecule has 0 bridgehead atoms. The summed E-state index contributed by atoms with van der Waals surface area (Å²) < 4.78 is 5.66. The number of nitrogens with two attached hydrogens (primary N) is 1. The fraction of sp³-hybridized carbons (Fsp3) is 0.0500. The molecule has 2 aromatic carbocycles. The van der Waals surface area contributed by atoms with Crippen molar-refractivity contribution in [1.29, 1.82) is 0 Å². The minimum atomic E-state index is -1.56. The van der Waals surface area contributed by atoms with Gasteiger partial charge in [-0.05, 0) is 35.4 Å². The quantitative estimate of drug-likeness (QED) is 0.484. The first kappa shape index (κ1) is 20.0. The van der Waals surface area contributed by atoms with Crippen LogP contribution in [0.3, 0.4) is 0 Å². The van der Waals surface area contributed by atoms with Gasteiger partial charge in [-0.15, -0.1) is 0 Å². The maximum absolute atomic E-state index is 12.1. The number of H-pyrrole nitrogens is 1. The van der Waals surface area contributed by atoms with Gasteiger partial charge in [0, 0.05) is 10.6 Å². The Kier molecular flexibility index (Phi) is 5.56. The van der Waals surface area contributed by atoms with Gasteiger partial charge < -0.3 is 25.7 Å². The number of ether oxygens (including phenoxy) is 1. The van der Waals surface area contributed by atoms with Crippen LogP contribution in [0.1, 0.15) is 26.3 Å². The number of hydrogen-bond donors (Lipinski definition) is 4. The van der Waals surface area contributed by atoms with Gasteiger partial charge in [0.2, 0.25) is 0 Å². The molecule has 0 radical (unpaired) electrons. The Hall–Kier alpha value is -3.78. The van der Waals surface area contributed by atoms with Crippen LogP contribution in [0.2, 0.25) is 5.02 Å². The van der Waals surface area contributed by atoms with Crippen LogP contribution >= 0.6 is 11.6 Å². The summed E-state index contributed by atoms with van der Waals surface area (Å²) in [6.07, 6.45) is 0. The van der Waals surface area contributed by atoms with E-state index in [0.717, 1.165) is 5.56 Å². The van der Waals surface area contributed by atoms with Crippen LogP contribution in [0.5, 0.6) is 5.75 Å². The normalized spacial score (nSPS) is 10.5. The highest BCUT2D eigenvalue weighted by molar-refractivity contribution is 6.30. The van der Waals surface area contributed by atoms with Crippen LogP contribution in [0.15, 0.2) is 53.3 Å². The van der Waals surface area contributed by atoms with Gasteiger partial charge in [0.05, 0.1) is 0 Å². The van der Waals surface area contributed by atoms with Crippen molar-refractivity contribution in [3.63, 3.8) is 0 Å². The molecule has 0 amide bonds. The Morgan fingerprint density at radius 1 is 1.03 bits per heavy atom. The molecule has 9 heteroatoms. The number of carboxylic acid groups (broad SMARTS) is 2. The minimum Gasteiger partial charge on any atom is -0.489 e. The standard InChI is InChI=1S/C20H15ClN2O6/c21-12-3-1-2-10(8-12)9-29-13-6-4-11(5-7-13)14-15(19(25)26)17(22)23-18(24)16(14)20(27)28/h1-8H,9H2,(H,25,26)(H,27,28)(H3,22,23,24). The summed E-state index contributed by atoms with van der Waals surface area (Å²) in [5.74, 6) is -2.99. The van der Waals surface area contributed by atoms with Gasteiger partial charge in [-0.2, -0.15) is 0 Å². The lowest BCUT2D eigenvalue weighted by molar-refractivity contribution is 0.0695. The van der Waals surface area contributed by atoms with Crippen LogP contribution in [0, 0.1) is 0 Å². The highest BCUT2D eigenvalue weighted by Gasteiger charge is 2.26. The second kappa shape index (κ2) is 8.07. The predicted molar refractivity (Wildman–Crippen MR) is 107 cm³/mol. The molecule has 0 aliphatic rings. The van der Waals surface area contributed by atoms with Gasteiger partial charge in [-0.3, -0.25) is 4.79 Å². The molecule has 0 saturated carbocycles. The predicted octanol–water partition coefficient (Wildman–Crippen LogP) is 3.25. The molecule has 0 spiro atoms. The number of carbonyl (C=O) groups is 2. The van der Waals surface area contributed by atoms with E-state index in [1.165, 1.54) is 24.3 Å². The van der Waals surface area contributed by atoms with E-state index < -0.39 is 34.4 Å². The molecule has 5 N–H and O–H groups in total. The molecule has 3 aromatic rings. The lowest BCUT2D eigenvalue weighted by atomic mass is 9.95. The van der Waals surface area contributed by atoms with Crippen molar-refractivity contribution in [2.24, 2.45) is 0 Å². The molecule has 29 heavy (non-hydrogen) atoms. The summed E-state index contributed by atoms with van der Waals surface area (Å²) >= 11 is 5.93. The lowest BCUT2D eigenvalue weighted by Crippen LogP contribution is -2.24. The molecule has 0 aliphatic heterocycles. The lowest BCUT2D eigenvalue weighted by Gasteiger charge is -2.13. The summed E-state index contributed by atoms with van der Waals surface area (Å²) in [5, 5.41) is 19.4. The summed E-state index contributed by atoms with van der Waals surface area (Å²) in [6.45, 7) is 0.249. The number of halogens is 1. The van der Waals surface area contributed by atoms with Gasteiger partial charge >= 0.3 is 11.9 Å². The van der Waals surface area contributed by atoms with E-state index in [1.54, 1.807) is 18.2 Å². The Morgan fingerprint density at radius 2 is 1.69 bits per heavy atom. The number of rotatable bonds is 6. The number of benzene rings is 2. The van der Waals surface area contributed by atoms with E-state index in [-0.39, 0.29) is 17.7 Å². The van der Waals surface area contributed by atoms with E-state index in [1.807, 2.05) is 6.07 Å². The fourth-order valence-corrected chi connectivity index (χ4v) is 3.06. The van der Waals surface area contributed by atoms with Gasteiger partial charge in [0.25, 0.3) is 5.56 Å². The summed E-state index contributed by atoms with van der Waals surface area (Å²) in [4.78, 5) is 37.3.